The van der Waals surface area contributed by atoms with E-state index in [2.05, 4.69) is 4.98 Å². The number of pyridine rings is 1. The van der Waals surface area contributed by atoms with Crippen LogP contribution in [0.2, 0.25) is 0 Å². The van der Waals surface area contributed by atoms with Gasteiger partial charge in [0.1, 0.15) is 0 Å². The molecule has 4 heteroatoms. The predicted molar refractivity (Wildman–Crippen MR) is 71.3 cm³/mol. The van der Waals surface area contributed by atoms with E-state index in [1.54, 1.807) is 4.90 Å². The molecule has 2 aromatic rings. The first-order chi connectivity index (χ1) is 8.61. The summed E-state index contributed by atoms with van der Waals surface area (Å²) in [5.41, 5.74) is 1.30. The minimum atomic E-state index is -0.131. The van der Waals surface area contributed by atoms with Gasteiger partial charge in [0.2, 0.25) is 5.91 Å². The lowest BCUT2D eigenvalue weighted by molar-refractivity contribution is -0.129. The van der Waals surface area contributed by atoms with Crippen LogP contribution >= 0.6 is 0 Å². The molecular weight excluding hydrogens is 228 g/mol. The Labute approximate surface area is 105 Å². The number of nitrogens with one attached hydrogen (secondary N) is 1. The second-order valence-corrected chi connectivity index (χ2v) is 4.24. The normalized spacial score (nSPS) is 10.6. The first kappa shape index (κ1) is 12.4. The molecule has 0 saturated heterocycles. The van der Waals surface area contributed by atoms with Gasteiger partial charge in [-0.25, -0.2) is 0 Å². The number of para-hydroxylation sites is 1. The van der Waals surface area contributed by atoms with Gasteiger partial charge in [-0.05, 0) is 24.4 Å². The van der Waals surface area contributed by atoms with Gasteiger partial charge in [0.05, 0.1) is 6.54 Å². The Morgan fingerprint density at radius 1 is 1.33 bits per heavy atom. The van der Waals surface area contributed by atoms with Gasteiger partial charge in [-0.3, -0.25) is 9.59 Å². The topological polar surface area (TPSA) is 53.2 Å². The molecule has 4 nitrogen and oxygen atoms in total. The highest BCUT2D eigenvalue weighted by molar-refractivity contribution is 5.79. The van der Waals surface area contributed by atoms with E-state index in [9.17, 15) is 9.59 Å². The number of hydrogen-bond acceptors (Lipinski definition) is 2. The molecule has 0 saturated carbocycles. The maximum absolute atomic E-state index is 11.9. The van der Waals surface area contributed by atoms with E-state index in [1.807, 2.05) is 37.3 Å². The summed E-state index contributed by atoms with van der Waals surface area (Å²) in [7, 11) is 0. The lowest BCUT2D eigenvalue weighted by Crippen LogP contribution is -2.30. The third-order valence-corrected chi connectivity index (χ3v) is 3.02. The molecule has 0 unspecified atom stereocenters. The summed E-state index contributed by atoms with van der Waals surface area (Å²) in [5, 5.41) is 0.978. The molecule has 94 valence electrons. The standard InChI is InChI=1S/C14H16N2O2/c1-3-16(10(2)17)9-12-8-11-6-4-5-7-13(11)15-14(12)18/h4-8H,3,9H2,1-2H3,(H,15,18). The van der Waals surface area contributed by atoms with Gasteiger partial charge in [-0.15, -0.1) is 0 Å². The van der Waals surface area contributed by atoms with Crippen LogP contribution in [0.15, 0.2) is 35.1 Å². The van der Waals surface area contributed by atoms with Gasteiger partial charge in [-0.1, -0.05) is 18.2 Å². The molecule has 0 aliphatic rings. The average molecular weight is 244 g/mol. The minimum absolute atomic E-state index is 0.0231. The molecule has 0 fully saturated rings. The third-order valence-electron chi connectivity index (χ3n) is 3.02. The summed E-state index contributed by atoms with van der Waals surface area (Å²) in [4.78, 5) is 27.8. The highest BCUT2D eigenvalue weighted by Crippen LogP contribution is 2.11. The van der Waals surface area contributed by atoms with Crippen molar-refractivity contribution in [3.05, 3.63) is 46.2 Å². The zero-order chi connectivity index (χ0) is 13.1. The van der Waals surface area contributed by atoms with Crippen molar-refractivity contribution in [2.45, 2.75) is 20.4 Å². The Morgan fingerprint density at radius 2 is 2.06 bits per heavy atom. The lowest BCUT2D eigenvalue weighted by Gasteiger charge is -2.18. The highest BCUT2D eigenvalue weighted by Gasteiger charge is 2.10. The molecule has 0 aliphatic heterocycles. The molecule has 1 N–H and O–H groups in total. The molecular formula is C14H16N2O2. The number of carbonyl (C=O) groups excluding carboxylic acids is 1. The number of H-pyrrole nitrogens is 1. The van der Waals surface area contributed by atoms with Gasteiger partial charge in [0.15, 0.2) is 0 Å². The van der Waals surface area contributed by atoms with E-state index in [0.717, 1.165) is 10.9 Å². The van der Waals surface area contributed by atoms with Crippen LogP contribution in [-0.2, 0) is 11.3 Å². The van der Waals surface area contributed by atoms with Crippen LogP contribution in [0.1, 0.15) is 19.4 Å². The second kappa shape index (κ2) is 5.04. The molecule has 1 aromatic carbocycles. The van der Waals surface area contributed by atoms with E-state index >= 15 is 0 Å². The summed E-state index contributed by atoms with van der Waals surface area (Å²) in [6, 6.07) is 9.46. The van der Waals surface area contributed by atoms with Crippen molar-refractivity contribution in [2.24, 2.45) is 0 Å². The maximum atomic E-state index is 11.9. The van der Waals surface area contributed by atoms with Crippen LogP contribution in [0.4, 0.5) is 0 Å². The molecule has 0 radical (unpaired) electrons. The zero-order valence-corrected chi connectivity index (χ0v) is 10.6. The number of carbonyl (C=O) groups is 1. The van der Waals surface area contributed by atoms with Gasteiger partial charge in [0.25, 0.3) is 5.56 Å². The fourth-order valence-electron chi connectivity index (χ4n) is 1.96. The van der Waals surface area contributed by atoms with Crippen LogP contribution in [0.5, 0.6) is 0 Å². The Kier molecular flexibility index (Phi) is 3.46. The molecule has 0 spiro atoms. The summed E-state index contributed by atoms with van der Waals surface area (Å²) in [6.45, 7) is 4.36. The van der Waals surface area contributed by atoms with Crippen molar-refractivity contribution < 1.29 is 4.79 Å². The maximum Gasteiger partial charge on any atom is 0.253 e. The predicted octanol–water partition coefficient (Wildman–Crippen LogP) is 1.90. The van der Waals surface area contributed by atoms with E-state index < -0.39 is 0 Å². The number of aromatic nitrogens is 1. The van der Waals surface area contributed by atoms with Crippen molar-refractivity contribution in [3.63, 3.8) is 0 Å². The molecule has 0 bridgehead atoms. The number of fused-ring (bicyclic) bond motifs is 1. The van der Waals surface area contributed by atoms with E-state index in [-0.39, 0.29) is 11.5 Å². The first-order valence-electron chi connectivity index (χ1n) is 5.98. The van der Waals surface area contributed by atoms with Gasteiger partial charge in [-0.2, -0.15) is 0 Å². The smallest absolute Gasteiger partial charge is 0.253 e. The largest absolute Gasteiger partial charge is 0.339 e. The van der Waals surface area contributed by atoms with E-state index in [0.29, 0.717) is 18.7 Å². The summed E-state index contributed by atoms with van der Waals surface area (Å²) >= 11 is 0. The summed E-state index contributed by atoms with van der Waals surface area (Å²) in [6.07, 6.45) is 0. The van der Waals surface area contributed by atoms with Crippen molar-refractivity contribution in [2.75, 3.05) is 6.54 Å². The fraction of sp³-hybridized carbons (Fsp3) is 0.286. The van der Waals surface area contributed by atoms with Crippen LogP contribution in [-0.4, -0.2) is 22.3 Å². The van der Waals surface area contributed by atoms with Crippen LogP contribution in [0.3, 0.4) is 0 Å². The monoisotopic (exact) mass is 244 g/mol. The molecule has 0 aliphatic carbocycles. The highest BCUT2D eigenvalue weighted by atomic mass is 16.2. The molecule has 1 amide bonds. The second-order valence-electron chi connectivity index (χ2n) is 4.24. The molecule has 1 heterocycles. The number of benzene rings is 1. The molecule has 2 rings (SSSR count). The lowest BCUT2D eigenvalue weighted by atomic mass is 10.1. The quantitative estimate of drug-likeness (QED) is 0.896. The van der Waals surface area contributed by atoms with Crippen LogP contribution in [0, 0.1) is 0 Å². The Bertz CT molecular complexity index is 631. The zero-order valence-electron chi connectivity index (χ0n) is 10.6. The van der Waals surface area contributed by atoms with E-state index in [4.69, 9.17) is 0 Å². The molecule has 0 atom stereocenters. The SMILES string of the molecule is CCN(Cc1cc2ccccc2[nH]c1=O)C(C)=O. The van der Waals surface area contributed by atoms with Gasteiger partial charge >= 0.3 is 0 Å². The van der Waals surface area contributed by atoms with Crippen molar-refractivity contribution in [1.82, 2.24) is 9.88 Å². The Hall–Kier alpha value is -2.10. The number of nitrogens with zero attached hydrogens (tertiary/aromatic N) is 1. The first-order valence-corrected chi connectivity index (χ1v) is 5.98. The van der Waals surface area contributed by atoms with Crippen molar-refractivity contribution in [1.29, 1.82) is 0 Å². The number of hydrogen-bond donors (Lipinski definition) is 1. The van der Waals surface area contributed by atoms with Crippen molar-refractivity contribution >= 4 is 16.8 Å². The molecule has 1 aromatic heterocycles. The third kappa shape index (κ3) is 2.42. The van der Waals surface area contributed by atoms with Crippen LogP contribution in [0.25, 0.3) is 10.9 Å². The minimum Gasteiger partial charge on any atom is -0.339 e. The van der Waals surface area contributed by atoms with Gasteiger partial charge in [0, 0.05) is 24.5 Å². The van der Waals surface area contributed by atoms with Gasteiger partial charge < -0.3 is 9.88 Å². The Balaban J connectivity index is 2.42. The van der Waals surface area contributed by atoms with Crippen molar-refractivity contribution in [3.8, 4) is 0 Å². The summed E-state index contributed by atoms with van der Waals surface area (Å²) in [5.74, 6) is -0.0231. The van der Waals surface area contributed by atoms with E-state index in [1.165, 1.54) is 6.92 Å². The number of aromatic amines is 1. The summed E-state index contributed by atoms with van der Waals surface area (Å²) < 4.78 is 0. The fourth-order valence-corrected chi connectivity index (χ4v) is 1.96. The van der Waals surface area contributed by atoms with Crippen LogP contribution < -0.4 is 5.56 Å². The molecule has 18 heavy (non-hydrogen) atoms. The Morgan fingerprint density at radius 3 is 2.72 bits per heavy atom. The number of rotatable bonds is 3. The number of amides is 1. The average Bonchev–Trinajstić information content (AvgIpc) is 2.35.